The molecular weight excluding hydrogens is 384 g/mol. The van der Waals surface area contributed by atoms with Gasteiger partial charge in [-0.15, -0.1) is 0 Å². The third kappa shape index (κ3) is 3.88. The molecule has 2 aromatic rings. The highest BCUT2D eigenvalue weighted by molar-refractivity contribution is 7.89. The second kappa shape index (κ2) is 8.00. The number of sulfonamides is 1. The van der Waals surface area contributed by atoms with Gasteiger partial charge in [-0.05, 0) is 42.2 Å². The molecule has 1 amide bonds. The van der Waals surface area contributed by atoms with Crippen molar-refractivity contribution in [1.82, 2.24) is 9.62 Å². The van der Waals surface area contributed by atoms with E-state index in [4.69, 9.17) is 11.6 Å². The summed E-state index contributed by atoms with van der Waals surface area (Å²) in [7, 11) is -3.74. The van der Waals surface area contributed by atoms with Crippen molar-refractivity contribution in [1.29, 1.82) is 0 Å². The summed E-state index contributed by atoms with van der Waals surface area (Å²) in [6.45, 7) is 4.21. The maximum atomic E-state index is 12.8. The Labute approximate surface area is 165 Å². The van der Waals surface area contributed by atoms with Crippen molar-refractivity contribution in [2.24, 2.45) is 0 Å². The van der Waals surface area contributed by atoms with Crippen molar-refractivity contribution >= 4 is 27.5 Å². The molecule has 0 saturated carbocycles. The maximum Gasteiger partial charge on any atom is 0.251 e. The van der Waals surface area contributed by atoms with Crippen LogP contribution in [0.25, 0.3) is 0 Å². The van der Waals surface area contributed by atoms with Crippen LogP contribution >= 0.6 is 11.6 Å². The minimum absolute atomic E-state index is 0.0349. The molecule has 2 aromatic carbocycles. The van der Waals surface area contributed by atoms with E-state index < -0.39 is 10.0 Å². The number of amides is 1. The third-order valence-electron chi connectivity index (χ3n) is 4.95. The lowest BCUT2D eigenvalue weighted by Crippen LogP contribution is -2.31. The quantitative estimate of drug-likeness (QED) is 0.793. The molecule has 27 heavy (non-hydrogen) atoms. The molecule has 1 aliphatic carbocycles. The van der Waals surface area contributed by atoms with Gasteiger partial charge < -0.3 is 5.32 Å². The number of hydrogen-bond acceptors (Lipinski definition) is 3. The van der Waals surface area contributed by atoms with E-state index in [-0.39, 0.29) is 27.4 Å². The number of fused-ring (bicyclic) bond motifs is 1. The van der Waals surface area contributed by atoms with Gasteiger partial charge in [0.05, 0.1) is 11.1 Å². The molecule has 144 valence electrons. The second-order valence-corrected chi connectivity index (χ2v) is 8.81. The summed E-state index contributed by atoms with van der Waals surface area (Å²) in [4.78, 5) is 12.7. The predicted octanol–water partition coefficient (Wildman–Crippen LogP) is 3.79. The van der Waals surface area contributed by atoms with Gasteiger partial charge in [0.15, 0.2) is 0 Å². The van der Waals surface area contributed by atoms with Gasteiger partial charge in [-0.3, -0.25) is 4.79 Å². The van der Waals surface area contributed by atoms with Crippen LogP contribution < -0.4 is 5.32 Å². The Morgan fingerprint density at radius 2 is 1.89 bits per heavy atom. The summed E-state index contributed by atoms with van der Waals surface area (Å²) in [5.41, 5.74) is 2.65. The molecule has 3 rings (SSSR count). The lowest BCUT2D eigenvalue weighted by Gasteiger charge is -2.20. The Bertz CT molecular complexity index is 955. The van der Waals surface area contributed by atoms with Crippen LogP contribution in [0.3, 0.4) is 0 Å². The van der Waals surface area contributed by atoms with E-state index in [1.807, 2.05) is 18.2 Å². The second-order valence-electron chi connectivity index (χ2n) is 6.50. The molecular formula is C20H23ClN2O3S. The zero-order chi connectivity index (χ0) is 19.6. The average Bonchev–Trinajstić information content (AvgIpc) is 3.05. The van der Waals surface area contributed by atoms with Crippen LogP contribution in [0.15, 0.2) is 47.4 Å². The topological polar surface area (TPSA) is 66.5 Å². The SMILES string of the molecule is CCN(CC)S(=O)(=O)c1cc(C(=O)NC2CCc3ccccc32)ccc1Cl. The van der Waals surface area contributed by atoms with E-state index in [2.05, 4.69) is 11.4 Å². The monoisotopic (exact) mass is 406 g/mol. The van der Waals surface area contributed by atoms with Gasteiger partial charge in [0.1, 0.15) is 4.90 Å². The van der Waals surface area contributed by atoms with Gasteiger partial charge in [-0.2, -0.15) is 4.31 Å². The zero-order valence-electron chi connectivity index (χ0n) is 15.4. The van der Waals surface area contributed by atoms with Gasteiger partial charge in [-0.1, -0.05) is 49.7 Å². The summed E-state index contributed by atoms with van der Waals surface area (Å²) < 4.78 is 26.9. The Morgan fingerprint density at radius 1 is 1.19 bits per heavy atom. The van der Waals surface area contributed by atoms with Gasteiger partial charge in [0.25, 0.3) is 5.91 Å². The molecule has 0 saturated heterocycles. The van der Waals surface area contributed by atoms with E-state index in [0.29, 0.717) is 13.1 Å². The van der Waals surface area contributed by atoms with Crippen molar-refractivity contribution < 1.29 is 13.2 Å². The minimum atomic E-state index is -3.74. The van der Waals surface area contributed by atoms with Crippen LogP contribution in [-0.4, -0.2) is 31.7 Å². The fourth-order valence-corrected chi connectivity index (χ4v) is 5.45. The molecule has 5 nitrogen and oxygen atoms in total. The maximum absolute atomic E-state index is 12.8. The van der Waals surface area contributed by atoms with Crippen molar-refractivity contribution in [3.05, 3.63) is 64.2 Å². The molecule has 0 heterocycles. The molecule has 0 aliphatic heterocycles. The van der Waals surface area contributed by atoms with Crippen molar-refractivity contribution in [3.63, 3.8) is 0 Å². The first-order valence-corrected chi connectivity index (χ1v) is 10.9. The van der Waals surface area contributed by atoms with Crippen LogP contribution in [-0.2, 0) is 16.4 Å². The highest BCUT2D eigenvalue weighted by atomic mass is 35.5. The molecule has 0 aromatic heterocycles. The zero-order valence-corrected chi connectivity index (χ0v) is 17.0. The molecule has 7 heteroatoms. The Balaban J connectivity index is 1.87. The largest absolute Gasteiger partial charge is 0.345 e. The van der Waals surface area contributed by atoms with Gasteiger partial charge in [-0.25, -0.2) is 8.42 Å². The Morgan fingerprint density at radius 3 is 2.59 bits per heavy atom. The standard InChI is InChI=1S/C20H23ClN2O3S/c1-3-23(4-2)27(25,26)19-13-15(9-11-17(19)21)20(24)22-18-12-10-14-7-5-6-8-16(14)18/h5-9,11,13,18H,3-4,10,12H2,1-2H3,(H,22,24). The summed E-state index contributed by atoms with van der Waals surface area (Å²) in [6, 6.07) is 12.4. The predicted molar refractivity (Wildman–Crippen MR) is 107 cm³/mol. The minimum Gasteiger partial charge on any atom is -0.345 e. The fourth-order valence-electron chi connectivity index (χ4n) is 3.49. The number of carbonyl (C=O) groups excluding carboxylic acids is 1. The fraction of sp³-hybridized carbons (Fsp3) is 0.350. The van der Waals surface area contributed by atoms with Gasteiger partial charge in [0, 0.05) is 18.7 Å². The van der Waals surface area contributed by atoms with Crippen molar-refractivity contribution in [2.45, 2.75) is 37.6 Å². The van der Waals surface area contributed by atoms with Gasteiger partial charge in [0.2, 0.25) is 10.0 Å². The van der Waals surface area contributed by atoms with E-state index in [1.54, 1.807) is 19.9 Å². The van der Waals surface area contributed by atoms with Crippen LogP contribution in [0.5, 0.6) is 0 Å². The number of halogens is 1. The number of rotatable bonds is 6. The molecule has 0 radical (unpaired) electrons. The lowest BCUT2D eigenvalue weighted by molar-refractivity contribution is 0.0936. The van der Waals surface area contributed by atoms with Crippen LogP contribution in [0.1, 0.15) is 47.8 Å². The molecule has 1 N–H and O–H groups in total. The number of nitrogens with zero attached hydrogens (tertiary/aromatic N) is 1. The smallest absolute Gasteiger partial charge is 0.251 e. The summed E-state index contributed by atoms with van der Waals surface area (Å²) >= 11 is 6.14. The van der Waals surface area contributed by atoms with Crippen molar-refractivity contribution in [3.8, 4) is 0 Å². The van der Waals surface area contributed by atoms with E-state index >= 15 is 0 Å². The average molecular weight is 407 g/mol. The van der Waals surface area contributed by atoms with Gasteiger partial charge >= 0.3 is 0 Å². The third-order valence-corrected chi connectivity index (χ3v) is 7.49. The highest BCUT2D eigenvalue weighted by Crippen LogP contribution is 2.31. The summed E-state index contributed by atoms with van der Waals surface area (Å²) in [5.74, 6) is -0.302. The summed E-state index contributed by atoms with van der Waals surface area (Å²) in [6.07, 6.45) is 1.76. The van der Waals surface area contributed by atoms with Crippen LogP contribution in [0.2, 0.25) is 5.02 Å². The first-order chi connectivity index (χ1) is 12.9. The molecule has 1 aliphatic rings. The molecule has 0 bridgehead atoms. The number of carbonyl (C=O) groups is 1. The number of hydrogen-bond donors (Lipinski definition) is 1. The molecule has 0 spiro atoms. The Hall–Kier alpha value is -1.89. The highest BCUT2D eigenvalue weighted by Gasteiger charge is 2.27. The Kier molecular flexibility index (Phi) is 5.89. The number of aryl methyl sites for hydroxylation is 1. The summed E-state index contributed by atoms with van der Waals surface area (Å²) in [5, 5.41) is 3.13. The van der Waals surface area contributed by atoms with E-state index in [9.17, 15) is 13.2 Å². The van der Waals surface area contributed by atoms with Crippen LogP contribution in [0.4, 0.5) is 0 Å². The van der Waals surface area contributed by atoms with Crippen molar-refractivity contribution in [2.75, 3.05) is 13.1 Å². The molecule has 1 atom stereocenters. The number of benzene rings is 2. The first kappa shape index (κ1) is 19.9. The van der Waals surface area contributed by atoms with E-state index in [1.165, 1.54) is 22.0 Å². The van der Waals surface area contributed by atoms with Crippen LogP contribution in [0, 0.1) is 0 Å². The molecule has 0 fully saturated rings. The normalized spacial score (nSPS) is 16.4. The lowest BCUT2D eigenvalue weighted by atomic mass is 10.1. The van der Waals surface area contributed by atoms with E-state index in [0.717, 1.165) is 18.4 Å². The molecule has 1 unspecified atom stereocenters. The number of nitrogens with one attached hydrogen (secondary N) is 1. The first-order valence-electron chi connectivity index (χ1n) is 9.06.